The van der Waals surface area contributed by atoms with E-state index in [1.807, 2.05) is 6.21 Å². The molecule has 0 atom stereocenters. The van der Waals surface area contributed by atoms with Crippen LogP contribution < -0.4 is 5.32 Å². The minimum atomic E-state index is -0.200. The molecule has 1 aromatic rings. The quantitative estimate of drug-likeness (QED) is 0.735. The molecule has 15 heavy (non-hydrogen) atoms. The second-order valence-electron chi connectivity index (χ2n) is 3.81. The normalized spacial score (nSPS) is 18.5. The van der Waals surface area contributed by atoms with E-state index in [0.717, 1.165) is 31.5 Å². The Morgan fingerprint density at radius 3 is 2.53 bits per heavy atom. The third-order valence-corrected chi connectivity index (χ3v) is 2.61. The molecular weight excluding hydrogens is 191 g/mol. The number of hydrogen-bond acceptors (Lipinski definition) is 2. The Bertz CT molecular complexity index is 326. The van der Waals surface area contributed by atoms with Crippen molar-refractivity contribution in [3.8, 4) is 0 Å². The Labute approximate surface area is 89.2 Å². The lowest BCUT2D eigenvalue weighted by atomic mass is 10.1. The van der Waals surface area contributed by atoms with Crippen LogP contribution in [0.3, 0.4) is 0 Å². The van der Waals surface area contributed by atoms with Crippen molar-refractivity contribution in [2.45, 2.75) is 18.9 Å². The molecular formula is C12H15FN2. The molecule has 0 saturated carbocycles. The van der Waals surface area contributed by atoms with Crippen LogP contribution in [0.5, 0.6) is 0 Å². The summed E-state index contributed by atoms with van der Waals surface area (Å²) in [4.78, 5) is 4.50. The van der Waals surface area contributed by atoms with Crippen LogP contribution in [0.2, 0.25) is 0 Å². The summed E-state index contributed by atoms with van der Waals surface area (Å²) in [5.41, 5.74) is 0.968. The van der Waals surface area contributed by atoms with Crippen LogP contribution in [0.25, 0.3) is 0 Å². The standard InChI is InChI=1S/C12H15FN2/c13-11-3-1-10(2-4-11)9-15-12-5-7-14-8-6-12/h1-4,9,12,14H,5-8H2. The molecule has 0 aliphatic carbocycles. The fourth-order valence-corrected chi connectivity index (χ4v) is 1.70. The number of nitrogens with zero attached hydrogens (tertiary/aromatic N) is 1. The van der Waals surface area contributed by atoms with Gasteiger partial charge in [-0.3, -0.25) is 4.99 Å². The van der Waals surface area contributed by atoms with Crippen LogP contribution in [-0.2, 0) is 0 Å². The maximum absolute atomic E-state index is 12.6. The minimum absolute atomic E-state index is 0.200. The van der Waals surface area contributed by atoms with E-state index in [1.165, 1.54) is 12.1 Å². The summed E-state index contributed by atoms with van der Waals surface area (Å²) in [6.45, 7) is 2.09. The van der Waals surface area contributed by atoms with Gasteiger partial charge in [0, 0.05) is 6.21 Å². The second-order valence-corrected chi connectivity index (χ2v) is 3.81. The molecule has 2 nitrogen and oxygen atoms in total. The number of benzene rings is 1. The summed E-state index contributed by atoms with van der Waals surface area (Å²) in [7, 11) is 0. The van der Waals surface area contributed by atoms with Gasteiger partial charge in [0.1, 0.15) is 5.82 Å². The molecule has 1 fully saturated rings. The molecule has 1 heterocycles. The van der Waals surface area contributed by atoms with Gasteiger partial charge in [0.15, 0.2) is 0 Å². The van der Waals surface area contributed by atoms with Crippen LogP contribution >= 0.6 is 0 Å². The molecule has 3 heteroatoms. The van der Waals surface area contributed by atoms with Gasteiger partial charge in [0.05, 0.1) is 6.04 Å². The predicted molar refractivity (Wildman–Crippen MR) is 59.9 cm³/mol. The first kappa shape index (κ1) is 10.3. The van der Waals surface area contributed by atoms with Crippen molar-refractivity contribution >= 4 is 6.21 Å². The number of halogens is 1. The van der Waals surface area contributed by atoms with E-state index in [2.05, 4.69) is 10.3 Å². The highest BCUT2D eigenvalue weighted by molar-refractivity contribution is 5.79. The van der Waals surface area contributed by atoms with Crippen molar-refractivity contribution in [1.29, 1.82) is 0 Å². The summed E-state index contributed by atoms with van der Waals surface area (Å²) < 4.78 is 12.6. The van der Waals surface area contributed by atoms with Crippen LogP contribution in [-0.4, -0.2) is 25.3 Å². The van der Waals surface area contributed by atoms with Crippen molar-refractivity contribution in [3.63, 3.8) is 0 Å². The maximum atomic E-state index is 12.6. The Balaban J connectivity index is 1.95. The smallest absolute Gasteiger partial charge is 0.123 e. The molecule has 0 radical (unpaired) electrons. The van der Waals surface area contributed by atoms with Gasteiger partial charge in [-0.25, -0.2) is 4.39 Å². The molecule has 1 N–H and O–H groups in total. The molecule has 1 aromatic carbocycles. The topological polar surface area (TPSA) is 24.4 Å². The van der Waals surface area contributed by atoms with Crippen molar-refractivity contribution in [2.75, 3.05) is 13.1 Å². The molecule has 0 amide bonds. The van der Waals surface area contributed by atoms with Gasteiger partial charge in [0.2, 0.25) is 0 Å². The molecule has 2 rings (SSSR count). The summed E-state index contributed by atoms with van der Waals surface area (Å²) in [6.07, 6.45) is 4.03. The van der Waals surface area contributed by atoms with Gasteiger partial charge < -0.3 is 5.32 Å². The van der Waals surface area contributed by atoms with Crippen molar-refractivity contribution < 1.29 is 4.39 Å². The zero-order valence-electron chi connectivity index (χ0n) is 8.62. The van der Waals surface area contributed by atoms with Crippen LogP contribution in [0.1, 0.15) is 18.4 Å². The lowest BCUT2D eigenvalue weighted by Gasteiger charge is -2.18. The molecule has 0 bridgehead atoms. The van der Waals surface area contributed by atoms with E-state index in [-0.39, 0.29) is 5.82 Å². The molecule has 0 spiro atoms. The molecule has 1 aliphatic rings. The Hall–Kier alpha value is -1.22. The molecule has 1 saturated heterocycles. The van der Waals surface area contributed by atoms with Crippen molar-refractivity contribution in [3.05, 3.63) is 35.6 Å². The van der Waals surface area contributed by atoms with Gasteiger partial charge in [-0.1, -0.05) is 12.1 Å². The predicted octanol–water partition coefficient (Wildman–Crippen LogP) is 2.00. The first-order valence-corrected chi connectivity index (χ1v) is 5.34. The minimum Gasteiger partial charge on any atom is -0.317 e. The fraction of sp³-hybridized carbons (Fsp3) is 0.417. The fourth-order valence-electron chi connectivity index (χ4n) is 1.70. The van der Waals surface area contributed by atoms with Crippen LogP contribution in [0, 0.1) is 5.82 Å². The van der Waals surface area contributed by atoms with E-state index >= 15 is 0 Å². The summed E-state index contributed by atoms with van der Waals surface area (Å²) in [5.74, 6) is -0.200. The highest BCUT2D eigenvalue weighted by atomic mass is 19.1. The highest BCUT2D eigenvalue weighted by Gasteiger charge is 2.09. The van der Waals surface area contributed by atoms with Gasteiger partial charge >= 0.3 is 0 Å². The van der Waals surface area contributed by atoms with Gasteiger partial charge in [-0.15, -0.1) is 0 Å². The second kappa shape index (κ2) is 5.03. The zero-order chi connectivity index (χ0) is 10.5. The molecule has 1 aliphatic heterocycles. The Morgan fingerprint density at radius 1 is 1.20 bits per heavy atom. The SMILES string of the molecule is Fc1ccc(C=NC2CCNCC2)cc1. The summed E-state index contributed by atoms with van der Waals surface area (Å²) in [5, 5.41) is 3.30. The van der Waals surface area contributed by atoms with E-state index in [1.54, 1.807) is 12.1 Å². The Morgan fingerprint density at radius 2 is 1.87 bits per heavy atom. The van der Waals surface area contributed by atoms with Crippen LogP contribution in [0.4, 0.5) is 4.39 Å². The van der Waals surface area contributed by atoms with Gasteiger partial charge in [-0.05, 0) is 43.6 Å². The van der Waals surface area contributed by atoms with E-state index < -0.39 is 0 Å². The number of nitrogens with one attached hydrogen (secondary N) is 1. The summed E-state index contributed by atoms with van der Waals surface area (Å²) in [6, 6.07) is 6.85. The average Bonchev–Trinajstić information content (AvgIpc) is 2.30. The molecule has 80 valence electrons. The number of aliphatic imine (C=N–C) groups is 1. The largest absolute Gasteiger partial charge is 0.317 e. The van der Waals surface area contributed by atoms with E-state index in [4.69, 9.17) is 0 Å². The highest BCUT2D eigenvalue weighted by Crippen LogP contribution is 2.07. The van der Waals surface area contributed by atoms with E-state index in [0.29, 0.717) is 6.04 Å². The van der Waals surface area contributed by atoms with E-state index in [9.17, 15) is 4.39 Å². The third kappa shape index (κ3) is 3.13. The third-order valence-electron chi connectivity index (χ3n) is 2.61. The van der Waals surface area contributed by atoms with Crippen molar-refractivity contribution in [2.24, 2.45) is 4.99 Å². The maximum Gasteiger partial charge on any atom is 0.123 e. The Kier molecular flexibility index (Phi) is 3.45. The summed E-state index contributed by atoms with van der Waals surface area (Å²) >= 11 is 0. The van der Waals surface area contributed by atoms with Gasteiger partial charge in [0.25, 0.3) is 0 Å². The van der Waals surface area contributed by atoms with Crippen LogP contribution in [0.15, 0.2) is 29.3 Å². The number of hydrogen-bond donors (Lipinski definition) is 1. The lowest BCUT2D eigenvalue weighted by Crippen LogP contribution is -2.29. The first-order valence-electron chi connectivity index (χ1n) is 5.34. The van der Waals surface area contributed by atoms with Gasteiger partial charge in [-0.2, -0.15) is 0 Å². The van der Waals surface area contributed by atoms with Crippen molar-refractivity contribution in [1.82, 2.24) is 5.32 Å². The number of piperidine rings is 1. The monoisotopic (exact) mass is 206 g/mol. The zero-order valence-corrected chi connectivity index (χ0v) is 8.62. The molecule has 0 aromatic heterocycles. The lowest BCUT2D eigenvalue weighted by molar-refractivity contribution is 0.461. The first-order chi connectivity index (χ1) is 7.34. The average molecular weight is 206 g/mol. The number of rotatable bonds is 2. The molecule has 0 unspecified atom stereocenters.